The first kappa shape index (κ1) is 15.8. The van der Waals surface area contributed by atoms with Gasteiger partial charge < -0.3 is 15.4 Å². The van der Waals surface area contributed by atoms with Gasteiger partial charge in [-0.2, -0.15) is 0 Å². The summed E-state index contributed by atoms with van der Waals surface area (Å²) in [6, 6.07) is 6.51. The number of hydrogen-bond donors (Lipinski definition) is 2. The fraction of sp³-hybridized carbons (Fsp3) is 0.562. The van der Waals surface area contributed by atoms with E-state index in [1.54, 1.807) is 6.07 Å². The van der Waals surface area contributed by atoms with Crippen molar-refractivity contribution in [3.8, 4) is 0 Å². The zero-order valence-electron chi connectivity index (χ0n) is 12.6. The summed E-state index contributed by atoms with van der Waals surface area (Å²) in [5.74, 6) is 1.30. The van der Waals surface area contributed by atoms with Crippen LogP contribution in [0.1, 0.15) is 25.3 Å². The lowest BCUT2D eigenvalue weighted by Crippen LogP contribution is -2.39. The van der Waals surface area contributed by atoms with Gasteiger partial charge in [-0.05, 0) is 43.4 Å². The molecule has 2 N–H and O–H groups in total. The van der Waals surface area contributed by atoms with Crippen LogP contribution >= 0.6 is 0 Å². The van der Waals surface area contributed by atoms with Gasteiger partial charge in [0.15, 0.2) is 5.96 Å². The monoisotopic (exact) mass is 293 g/mol. The van der Waals surface area contributed by atoms with E-state index in [0.717, 1.165) is 37.1 Å². The average molecular weight is 293 g/mol. The summed E-state index contributed by atoms with van der Waals surface area (Å²) in [6.07, 6.45) is 2.62. The Hall–Kier alpha value is -1.62. The minimum Gasteiger partial charge on any atom is -0.379 e. The lowest BCUT2D eigenvalue weighted by Gasteiger charge is -2.11. The number of ether oxygens (including phenoxy) is 1. The second-order valence-corrected chi connectivity index (χ2v) is 5.27. The Kier molecular flexibility index (Phi) is 6.47. The Morgan fingerprint density at radius 3 is 2.95 bits per heavy atom. The van der Waals surface area contributed by atoms with Gasteiger partial charge in [-0.3, -0.25) is 0 Å². The van der Waals surface area contributed by atoms with Gasteiger partial charge >= 0.3 is 0 Å². The molecule has 0 saturated heterocycles. The first-order chi connectivity index (χ1) is 10.3. The quantitative estimate of drug-likeness (QED) is 0.439. The van der Waals surface area contributed by atoms with Crippen molar-refractivity contribution in [3.05, 3.63) is 35.6 Å². The van der Waals surface area contributed by atoms with E-state index in [1.165, 1.54) is 25.0 Å². The van der Waals surface area contributed by atoms with Crippen LogP contribution in [-0.2, 0) is 11.3 Å². The van der Waals surface area contributed by atoms with Crippen molar-refractivity contribution in [2.45, 2.75) is 26.3 Å². The molecule has 2 rings (SSSR count). The van der Waals surface area contributed by atoms with E-state index < -0.39 is 0 Å². The first-order valence-corrected chi connectivity index (χ1v) is 7.62. The molecule has 1 aromatic carbocycles. The average Bonchev–Trinajstić information content (AvgIpc) is 3.28. The van der Waals surface area contributed by atoms with Crippen LogP contribution in [0.2, 0.25) is 0 Å². The molecule has 0 radical (unpaired) electrons. The Morgan fingerprint density at radius 1 is 1.38 bits per heavy atom. The fourth-order valence-corrected chi connectivity index (χ4v) is 1.92. The van der Waals surface area contributed by atoms with Crippen LogP contribution < -0.4 is 10.6 Å². The summed E-state index contributed by atoms with van der Waals surface area (Å²) in [6.45, 7) is 5.54. The Balaban J connectivity index is 1.72. The molecule has 1 aromatic rings. The molecule has 1 aliphatic carbocycles. The number of benzene rings is 1. The van der Waals surface area contributed by atoms with Gasteiger partial charge in [-0.25, -0.2) is 9.38 Å². The number of rotatable bonds is 8. The van der Waals surface area contributed by atoms with Gasteiger partial charge in [0, 0.05) is 19.7 Å². The molecule has 4 nitrogen and oxygen atoms in total. The maximum Gasteiger partial charge on any atom is 0.191 e. The van der Waals surface area contributed by atoms with E-state index in [0.29, 0.717) is 13.2 Å². The largest absolute Gasteiger partial charge is 0.379 e. The number of guanidine groups is 1. The molecular weight excluding hydrogens is 269 g/mol. The normalized spacial score (nSPS) is 15.0. The summed E-state index contributed by atoms with van der Waals surface area (Å²) >= 11 is 0. The summed E-state index contributed by atoms with van der Waals surface area (Å²) in [5.41, 5.74) is 0.859. The predicted octanol–water partition coefficient (Wildman–Crippen LogP) is 2.31. The molecule has 5 heteroatoms. The number of aliphatic imine (C=N–C) groups is 1. The second kappa shape index (κ2) is 8.62. The molecule has 21 heavy (non-hydrogen) atoms. The SMILES string of the molecule is CCNC(=NCc1cccc(F)c1)NCCOCC1CC1. The zero-order valence-corrected chi connectivity index (χ0v) is 12.6. The van der Waals surface area contributed by atoms with E-state index >= 15 is 0 Å². The smallest absolute Gasteiger partial charge is 0.191 e. The van der Waals surface area contributed by atoms with Gasteiger partial charge in [0.1, 0.15) is 5.82 Å². The molecule has 0 atom stereocenters. The van der Waals surface area contributed by atoms with E-state index in [2.05, 4.69) is 15.6 Å². The van der Waals surface area contributed by atoms with E-state index in [9.17, 15) is 4.39 Å². The third-order valence-corrected chi connectivity index (χ3v) is 3.24. The topological polar surface area (TPSA) is 45.7 Å². The van der Waals surface area contributed by atoms with E-state index in [-0.39, 0.29) is 5.82 Å². The molecule has 0 unspecified atom stereocenters. The molecular formula is C16H24FN3O. The highest BCUT2D eigenvalue weighted by molar-refractivity contribution is 5.79. The molecule has 0 bridgehead atoms. The number of nitrogens with zero attached hydrogens (tertiary/aromatic N) is 1. The van der Waals surface area contributed by atoms with E-state index in [1.807, 2.05) is 13.0 Å². The zero-order chi connectivity index (χ0) is 14.9. The van der Waals surface area contributed by atoms with Crippen molar-refractivity contribution in [2.24, 2.45) is 10.9 Å². The van der Waals surface area contributed by atoms with Crippen molar-refractivity contribution in [1.82, 2.24) is 10.6 Å². The van der Waals surface area contributed by atoms with Gasteiger partial charge in [-0.15, -0.1) is 0 Å². The van der Waals surface area contributed by atoms with Crippen LogP contribution in [0.25, 0.3) is 0 Å². The van der Waals surface area contributed by atoms with Gasteiger partial charge in [0.05, 0.1) is 13.2 Å². The minimum atomic E-state index is -0.228. The van der Waals surface area contributed by atoms with Crippen molar-refractivity contribution in [1.29, 1.82) is 0 Å². The van der Waals surface area contributed by atoms with Crippen molar-refractivity contribution in [3.63, 3.8) is 0 Å². The Labute approximate surface area is 125 Å². The number of nitrogens with one attached hydrogen (secondary N) is 2. The van der Waals surface area contributed by atoms with Crippen LogP contribution in [0.3, 0.4) is 0 Å². The highest BCUT2D eigenvalue weighted by atomic mass is 19.1. The number of hydrogen-bond acceptors (Lipinski definition) is 2. The first-order valence-electron chi connectivity index (χ1n) is 7.62. The summed E-state index contributed by atoms with van der Waals surface area (Å²) < 4.78 is 18.7. The van der Waals surface area contributed by atoms with Crippen LogP contribution in [0.4, 0.5) is 4.39 Å². The maximum atomic E-state index is 13.1. The van der Waals surface area contributed by atoms with Crippen LogP contribution in [0, 0.1) is 11.7 Å². The molecule has 116 valence electrons. The van der Waals surface area contributed by atoms with Crippen molar-refractivity contribution >= 4 is 5.96 Å². The highest BCUT2D eigenvalue weighted by Gasteiger charge is 2.20. The van der Waals surface area contributed by atoms with Gasteiger partial charge in [-0.1, -0.05) is 12.1 Å². The molecule has 0 spiro atoms. The minimum absolute atomic E-state index is 0.228. The van der Waals surface area contributed by atoms with Gasteiger partial charge in [0.2, 0.25) is 0 Å². The Morgan fingerprint density at radius 2 is 2.24 bits per heavy atom. The Bertz CT molecular complexity index is 461. The molecule has 0 amide bonds. The second-order valence-electron chi connectivity index (χ2n) is 5.27. The molecule has 0 aromatic heterocycles. The third-order valence-electron chi connectivity index (χ3n) is 3.24. The van der Waals surface area contributed by atoms with Crippen LogP contribution in [0.15, 0.2) is 29.3 Å². The maximum absolute atomic E-state index is 13.1. The van der Waals surface area contributed by atoms with Crippen LogP contribution in [-0.4, -0.2) is 32.3 Å². The summed E-state index contributed by atoms with van der Waals surface area (Å²) in [4.78, 5) is 4.44. The van der Waals surface area contributed by atoms with Crippen LogP contribution in [0.5, 0.6) is 0 Å². The predicted molar refractivity (Wildman–Crippen MR) is 82.8 cm³/mol. The van der Waals surface area contributed by atoms with Crippen molar-refractivity contribution < 1.29 is 9.13 Å². The molecule has 0 heterocycles. The lowest BCUT2D eigenvalue weighted by atomic mass is 10.2. The lowest BCUT2D eigenvalue weighted by molar-refractivity contribution is 0.129. The molecule has 1 saturated carbocycles. The number of halogens is 1. The third kappa shape index (κ3) is 6.58. The molecule has 1 fully saturated rings. The summed E-state index contributed by atoms with van der Waals surface area (Å²) in [5, 5.41) is 6.39. The highest BCUT2D eigenvalue weighted by Crippen LogP contribution is 2.28. The van der Waals surface area contributed by atoms with Crippen molar-refractivity contribution in [2.75, 3.05) is 26.3 Å². The standard InChI is InChI=1S/C16H24FN3O/c1-2-18-16(19-8-9-21-12-13-6-7-13)20-11-14-4-3-5-15(17)10-14/h3-5,10,13H,2,6-9,11-12H2,1H3,(H2,18,19,20). The van der Waals surface area contributed by atoms with E-state index in [4.69, 9.17) is 4.74 Å². The summed E-state index contributed by atoms with van der Waals surface area (Å²) in [7, 11) is 0. The van der Waals surface area contributed by atoms with Gasteiger partial charge in [0.25, 0.3) is 0 Å². The fourth-order valence-electron chi connectivity index (χ4n) is 1.92. The molecule has 0 aliphatic heterocycles. The molecule has 1 aliphatic rings.